The van der Waals surface area contributed by atoms with E-state index < -0.39 is 0 Å². The van der Waals surface area contributed by atoms with E-state index in [1.165, 1.54) is 0 Å². The topological polar surface area (TPSA) is 58.1 Å². The summed E-state index contributed by atoms with van der Waals surface area (Å²) < 4.78 is 5.24. The van der Waals surface area contributed by atoms with E-state index in [0.29, 0.717) is 11.9 Å². The molecule has 1 aliphatic rings. The summed E-state index contributed by atoms with van der Waals surface area (Å²) in [6.07, 6.45) is 4.65. The van der Waals surface area contributed by atoms with E-state index in [-0.39, 0.29) is 6.04 Å². The molecule has 2 aromatic carbocycles. The minimum absolute atomic E-state index is 0.0982. The Morgan fingerprint density at radius 3 is 2.54 bits per heavy atom. The van der Waals surface area contributed by atoms with Crippen LogP contribution in [0.1, 0.15) is 36.9 Å². The van der Waals surface area contributed by atoms with Gasteiger partial charge in [0.1, 0.15) is 17.5 Å². The summed E-state index contributed by atoms with van der Waals surface area (Å²) in [6.45, 7) is 2.19. The third-order valence-corrected chi connectivity index (χ3v) is 4.42. The maximum Gasteiger partial charge on any atom is 0.159 e. The Balaban J connectivity index is 1.94. The minimum atomic E-state index is 0.0982. The van der Waals surface area contributed by atoms with E-state index >= 15 is 0 Å². The highest BCUT2D eigenvalue weighted by molar-refractivity contribution is 5.66. The number of nitrogens with one attached hydrogen (secondary N) is 1. The molecule has 0 radical (unpaired) electrons. The van der Waals surface area contributed by atoms with E-state index in [2.05, 4.69) is 35.8 Å². The first-order valence-corrected chi connectivity index (χ1v) is 8.47. The second-order valence-electron chi connectivity index (χ2n) is 6.13. The lowest BCUT2D eigenvalue weighted by Gasteiger charge is -2.29. The first-order chi connectivity index (χ1) is 11.7. The normalized spacial score (nSPS) is 20.2. The van der Waals surface area contributed by atoms with Gasteiger partial charge >= 0.3 is 0 Å². The fraction of sp³-hybridized carbons (Fsp3) is 0.300. The quantitative estimate of drug-likeness (QED) is 0.792. The zero-order valence-electron chi connectivity index (χ0n) is 14.2. The Bertz CT molecular complexity index is 710. The maximum atomic E-state index is 10.2. The van der Waals surface area contributed by atoms with Gasteiger partial charge in [0.05, 0.1) is 12.7 Å². The van der Waals surface area contributed by atoms with Crippen molar-refractivity contribution in [3.63, 3.8) is 0 Å². The van der Waals surface area contributed by atoms with Crippen LogP contribution in [0.25, 0.3) is 5.70 Å². The van der Waals surface area contributed by atoms with Crippen molar-refractivity contribution in [1.82, 2.24) is 5.32 Å². The standard InChI is InChI=1S/C20H24N2O2/c1-3-6-20-21-17(14-9-11-15(24-2)12-10-14)13-18(22-20)16-7-4-5-8-19(16)23/h4-5,7-13,18,20-23H,3,6H2,1-2H3/p+1. The van der Waals surface area contributed by atoms with Crippen molar-refractivity contribution in [3.8, 4) is 11.5 Å². The molecule has 4 heteroatoms. The van der Waals surface area contributed by atoms with Gasteiger partial charge in [0.25, 0.3) is 0 Å². The molecule has 24 heavy (non-hydrogen) atoms. The molecule has 126 valence electrons. The number of hydrogen-bond donors (Lipinski definition) is 3. The Morgan fingerprint density at radius 2 is 1.88 bits per heavy atom. The van der Waals surface area contributed by atoms with Crippen molar-refractivity contribution in [1.29, 1.82) is 0 Å². The summed E-state index contributed by atoms with van der Waals surface area (Å²) in [7, 11) is 1.67. The number of quaternary nitrogens is 1. The lowest BCUT2D eigenvalue weighted by Crippen LogP contribution is -2.94. The number of ether oxygens (including phenoxy) is 1. The van der Waals surface area contributed by atoms with Crippen LogP contribution < -0.4 is 15.4 Å². The molecule has 0 saturated carbocycles. The summed E-state index contributed by atoms with van der Waals surface area (Å²) in [5.41, 5.74) is 3.18. The molecule has 1 heterocycles. The highest BCUT2D eigenvalue weighted by atomic mass is 16.5. The van der Waals surface area contributed by atoms with E-state index in [1.54, 1.807) is 13.2 Å². The first-order valence-electron chi connectivity index (χ1n) is 8.47. The van der Waals surface area contributed by atoms with Crippen LogP contribution in [-0.4, -0.2) is 18.4 Å². The summed E-state index contributed by atoms with van der Waals surface area (Å²) in [4.78, 5) is 0. The average Bonchev–Trinajstić information content (AvgIpc) is 2.62. The van der Waals surface area contributed by atoms with Gasteiger partial charge in [0.2, 0.25) is 0 Å². The predicted molar refractivity (Wildman–Crippen MR) is 95.6 cm³/mol. The highest BCUT2D eigenvalue weighted by Crippen LogP contribution is 2.27. The number of hydrogen-bond acceptors (Lipinski definition) is 3. The van der Waals surface area contributed by atoms with Gasteiger partial charge in [-0.25, -0.2) is 0 Å². The van der Waals surface area contributed by atoms with Gasteiger partial charge in [0, 0.05) is 18.2 Å². The van der Waals surface area contributed by atoms with E-state index in [1.807, 2.05) is 30.3 Å². The molecule has 4 N–H and O–H groups in total. The molecule has 2 unspecified atom stereocenters. The summed E-state index contributed by atoms with van der Waals surface area (Å²) in [5, 5.41) is 16.1. The Morgan fingerprint density at radius 1 is 1.12 bits per heavy atom. The molecule has 3 rings (SSSR count). The Kier molecular flexibility index (Phi) is 5.06. The summed E-state index contributed by atoms with van der Waals surface area (Å²) in [5.74, 6) is 1.20. The largest absolute Gasteiger partial charge is 0.507 e. The highest BCUT2D eigenvalue weighted by Gasteiger charge is 2.27. The van der Waals surface area contributed by atoms with Crippen LogP contribution in [0.2, 0.25) is 0 Å². The van der Waals surface area contributed by atoms with Crippen LogP contribution in [0.5, 0.6) is 11.5 Å². The Labute approximate surface area is 143 Å². The van der Waals surface area contributed by atoms with Crippen LogP contribution >= 0.6 is 0 Å². The van der Waals surface area contributed by atoms with Crippen LogP contribution in [0.15, 0.2) is 54.6 Å². The zero-order valence-corrected chi connectivity index (χ0v) is 14.2. The monoisotopic (exact) mass is 325 g/mol. The maximum absolute atomic E-state index is 10.2. The van der Waals surface area contributed by atoms with Gasteiger partial charge in [-0.1, -0.05) is 19.1 Å². The van der Waals surface area contributed by atoms with Gasteiger partial charge in [-0.15, -0.1) is 0 Å². The molecule has 2 aromatic rings. The fourth-order valence-electron chi connectivity index (χ4n) is 3.17. The smallest absolute Gasteiger partial charge is 0.159 e. The van der Waals surface area contributed by atoms with Gasteiger partial charge in [-0.2, -0.15) is 0 Å². The number of nitrogens with two attached hydrogens (primary N) is 1. The number of rotatable bonds is 5. The van der Waals surface area contributed by atoms with Crippen LogP contribution in [0, 0.1) is 0 Å². The number of methoxy groups -OCH3 is 1. The molecule has 0 amide bonds. The first kappa shape index (κ1) is 16.4. The summed E-state index contributed by atoms with van der Waals surface area (Å²) in [6, 6.07) is 15.7. The lowest BCUT2D eigenvalue weighted by atomic mass is 9.98. The van der Waals surface area contributed by atoms with Gasteiger partial charge < -0.3 is 20.5 Å². The van der Waals surface area contributed by atoms with Crippen molar-refractivity contribution in [2.24, 2.45) is 0 Å². The molecule has 4 nitrogen and oxygen atoms in total. The molecular formula is C20H25N2O2+. The molecule has 2 atom stereocenters. The van der Waals surface area contributed by atoms with Crippen molar-refractivity contribution in [2.75, 3.05) is 7.11 Å². The molecule has 0 aromatic heterocycles. The van der Waals surface area contributed by atoms with Crippen molar-refractivity contribution < 1.29 is 15.2 Å². The van der Waals surface area contributed by atoms with E-state index in [9.17, 15) is 5.11 Å². The third-order valence-electron chi connectivity index (χ3n) is 4.42. The molecule has 0 spiro atoms. The van der Waals surface area contributed by atoms with Gasteiger partial charge in [-0.3, -0.25) is 0 Å². The zero-order chi connectivity index (χ0) is 16.9. The van der Waals surface area contributed by atoms with E-state index in [0.717, 1.165) is 35.4 Å². The minimum Gasteiger partial charge on any atom is -0.507 e. The molecule has 0 fully saturated rings. The van der Waals surface area contributed by atoms with Gasteiger partial charge in [-0.05, 0) is 48.4 Å². The van der Waals surface area contributed by atoms with Crippen LogP contribution in [-0.2, 0) is 0 Å². The SMILES string of the molecule is CCCC1NC(c2ccc(OC)cc2)=CC(c2ccccc2O)[NH2+]1. The molecule has 0 bridgehead atoms. The number of phenolic OH excluding ortho intramolecular Hbond substituents is 1. The Hall–Kier alpha value is -2.46. The molecule has 0 aliphatic carbocycles. The van der Waals surface area contributed by atoms with Crippen molar-refractivity contribution >= 4 is 5.70 Å². The number of para-hydroxylation sites is 1. The second-order valence-corrected chi connectivity index (χ2v) is 6.13. The third kappa shape index (κ3) is 3.54. The molecule has 1 aliphatic heterocycles. The van der Waals surface area contributed by atoms with Crippen molar-refractivity contribution in [3.05, 3.63) is 65.7 Å². The lowest BCUT2D eigenvalue weighted by molar-refractivity contribution is -0.724. The van der Waals surface area contributed by atoms with E-state index in [4.69, 9.17) is 4.74 Å². The fourth-order valence-corrected chi connectivity index (χ4v) is 3.17. The number of benzene rings is 2. The molecule has 0 saturated heterocycles. The molecular weight excluding hydrogens is 300 g/mol. The predicted octanol–water partition coefficient (Wildman–Crippen LogP) is 2.78. The van der Waals surface area contributed by atoms with Crippen LogP contribution in [0.4, 0.5) is 0 Å². The number of aromatic hydroxyl groups is 1. The second kappa shape index (κ2) is 7.41. The summed E-state index contributed by atoms with van der Waals surface area (Å²) >= 11 is 0. The average molecular weight is 325 g/mol. The van der Waals surface area contributed by atoms with Crippen LogP contribution in [0.3, 0.4) is 0 Å². The van der Waals surface area contributed by atoms with Crippen molar-refractivity contribution in [2.45, 2.75) is 32.0 Å². The van der Waals surface area contributed by atoms with Gasteiger partial charge in [0.15, 0.2) is 6.17 Å². The number of phenols is 1.